The van der Waals surface area contributed by atoms with Gasteiger partial charge in [-0.2, -0.15) is 11.3 Å². The minimum atomic E-state index is 0.175. The highest BCUT2D eigenvalue weighted by atomic mass is 32.1. The Morgan fingerprint density at radius 2 is 2.35 bits per heavy atom. The van der Waals surface area contributed by atoms with Gasteiger partial charge in [-0.3, -0.25) is 4.79 Å². The number of amides is 1. The van der Waals surface area contributed by atoms with Crippen molar-refractivity contribution in [3.63, 3.8) is 0 Å². The summed E-state index contributed by atoms with van der Waals surface area (Å²) >= 11 is 1.59. The molecule has 0 aliphatic carbocycles. The number of carbonyl (C=O) groups excluding carboxylic acids is 1. The van der Waals surface area contributed by atoms with Gasteiger partial charge in [0, 0.05) is 24.5 Å². The molecule has 1 aliphatic rings. The molecular weight excluding hydrogens is 232 g/mol. The molecule has 0 aromatic carbocycles. The van der Waals surface area contributed by atoms with Gasteiger partial charge in [0.2, 0.25) is 0 Å². The monoisotopic (exact) mass is 252 g/mol. The molecule has 17 heavy (non-hydrogen) atoms. The van der Waals surface area contributed by atoms with Crippen LogP contribution in [0.3, 0.4) is 0 Å². The van der Waals surface area contributed by atoms with E-state index in [0.717, 1.165) is 37.1 Å². The van der Waals surface area contributed by atoms with E-state index in [2.05, 4.69) is 0 Å². The first-order valence-electron chi connectivity index (χ1n) is 6.17. The van der Waals surface area contributed by atoms with E-state index in [1.165, 1.54) is 0 Å². The van der Waals surface area contributed by atoms with Crippen molar-refractivity contribution < 1.29 is 4.79 Å². The summed E-state index contributed by atoms with van der Waals surface area (Å²) in [5.41, 5.74) is 7.89. The number of nitrogens with two attached hydrogens (primary N) is 1. The second kappa shape index (κ2) is 5.19. The third kappa shape index (κ3) is 2.69. The quantitative estimate of drug-likeness (QED) is 0.877. The van der Waals surface area contributed by atoms with Crippen LogP contribution in [0.4, 0.5) is 0 Å². The van der Waals surface area contributed by atoms with Crippen molar-refractivity contribution in [2.24, 2.45) is 11.7 Å². The van der Waals surface area contributed by atoms with Gasteiger partial charge in [0.25, 0.3) is 5.91 Å². The van der Waals surface area contributed by atoms with Gasteiger partial charge >= 0.3 is 0 Å². The number of rotatable bonds is 2. The Balaban J connectivity index is 2.07. The van der Waals surface area contributed by atoms with Crippen molar-refractivity contribution in [2.45, 2.75) is 32.7 Å². The molecule has 2 heterocycles. The van der Waals surface area contributed by atoms with E-state index in [0.29, 0.717) is 5.92 Å². The summed E-state index contributed by atoms with van der Waals surface area (Å²) in [5.74, 6) is 0.626. The number of nitrogens with zero attached hydrogens (tertiary/aromatic N) is 1. The smallest absolute Gasteiger partial charge is 0.254 e. The molecule has 2 atom stereocenters. The van der Waals surface area contributed by atoms with Crippen LogP contribution in [-0.4, -0.2) is 29.9 Å². The molecule has 4 heteroatoms. The van der Waals surface area contributed by atoms with Crippen LogP contribution in [0.1, 0.15) is 35.7 Å². The van der Waals surface area contributed by atoms with E-state index in [4.69, 9.17) is 5.73 Å². The molecule has 2 rings (SSSR count). The topological polar surface area (TPSA) is 46.3 Å². The molecule has 94 valence electrons. The normalized spacial score (nSPS) is 22.5. The third-order valence-electron chi connectivity index (χ3n) is 3.57. The van der Waals surface area contributed by atoms with E-state index in [9.17, 15) is 4.79 Å². The zero-order valence-corrected chi connectivity index (χ0v) is 11.3. The molecular formula is C13H20N2OS. The number of hydrogen-bond acceptors (Lipinski definition) is 3. The minimum Gasteiger partial charge on any atom is -0.338 e. The Morgan fingerprint density at radius 3 is 2.94 bits per heavy atom. The summed E-state index contributed by atoms with van der Waals surface area (Å²) in [5, 5.41) is 3.98. The fraction of sp³-hybridized carbons (Fsp3) is 0.615. The van der Waals surface area contributed by atoms with Crippen LogP contribution in [0, 0.1) is 12.8 Å². The lowest BCUT2D eigenvalue weighted by molar-refractivity contribution is 0.0661. The first-order valence-corrected chi connectivity index (χ1v) is 7.11. The minimum absolute atomic E-state index is 0.175. The Hall–Kier alpha value is -0.870. The van der Waals surface area contributed by atoms with Gasteiger partial charge in [0.15, 0.2) is 0 Å². The molecule has 1 amide bonds. The van der Waals surface area contributed by atoms with Gasteiger partial charge in [0.1, 0.15) is 0 Å². The van der Waals surface area contributed by atoms with Gasteiger partial charge < -0.3 is 10.6 Å². The van der Waals surface area contributed by atoms with Gasteiger partial charge in [-0.25, -0.2) is 0 Å². The predicted molar refractivity (Wildman–Crippen MR) is 71.3 cm³/mol. The first-order chi connectivity index (χ1) is 8.09. The number of aryl methyl sites for hydroxylation is 1. The lowest BCUT2D eigenvalue weighted by Crippen LogP contribution is -2.45. The fourth-order valence-corrected chi connectivity index (χ4v) is 3.20. The summed E-state index contributed by atoms with van der Waals surface area (Å²) in [6, 6.07) is 0.175. The molecule has 1 aliphatic heterocycles. The first kappa shape index (κ1) is 12.6. The lowest BCUT2D eigenvalue weighted by atomic mass is 9.92. The number of likely N-dealkylation sites (tertiary alicyclic amines) is 1. The maximum Gasteiger partial charge on any atom is 0.254 e. The Bertz CT molecular complexity index is 400. The molecule has 0 bridgehead atoms. The van der Waals surface area contributed by atoms with Crippen molar-refractivity contribution in [1.29, 1.82) is 0 Å². The maximum absolute atomic E-state index is 12.3. The van der Waals surface area contributed by atoms with Crippen LogP contribution in [0.25, 0.3) is 0 Å². The fourth-order valence-electron chi connectivity index (χ4n) is 2.37. The molecule has 3 nitrogen and oxygen atoms in total. The zero-order chi connectivity index (χ0) is 12.4. The van der Waals surface area contributed by atoms with E-state index in [-0.39, 0.29) is 11.9 Å². The maximum atomic E-state index is 12.3. The van der Waals surface area contributed by atoms with Crippen LogP contribution < -0.4 is 5.73 Å². The second-order valence-corrected chi connectivity index (χ2v) is 5.72. The van der Waals surface area contributed by atoms with Crippen molar-refractivity contribution in [2.75, 3.05) is 13.1 Å². The van der Waals surface area contributed by atoms with Crippen LogP contribution in [0.2, 0.25) is 0 Å². The summed E-state index contributed by atoms with van der Waals surface area (Å²) < 4.78 is 0. The summed E-state index contributed by atoms with van der Waals surface area (Å²) in [6.07, 6.45) is 2.21. The van der Waals surface area contributed by atoms with Crippen molar-refractivity contribution in [3.05, 3.63) is 21.9 Å². The van der Waals surface area contributed by atoms with Gasteiger partial charge in [0.05, 0.1) is 5.56 Å². The molecule has 2 N–H and O–H groups in total. The van der Waals surface area contributed by atoms with Gasteiger partial charge in [-0.15, -0.1) is 0 Å². The van der Waals surface area contributed by atoms with Crippen molar-refractivity contribution >= 4 is 17.2 Å². The highest BCUT2D eigenvalue weighted by Gasteiger charge is 2.27. The molecule has 1 fully saturated rings. The van der Waals surface area contributed by atoms with E-state index in [1.807, 2.05) is 29.5 Å². The van der Waals surface area contributed by atoms with Crippen molar-refractivity contribution in [1.82, 2.24) is 4.90 Å². The van der Waals surface area contributed by atoms with Crippen LogP contribution in [-0.2, 0) is 0 Å². The Labute approximate surface area is 107 Å². The predicted octanol–water partition coefficient (Wildman–Crippen LogP) is 2.26. The third-order valence-corrected chi connectivity index (χ3v) is 4.44. The standard InChI is InChI=1S/C13H20N2OS/c1-9-7-17-8-12(9)13(16)15-5-3-4-11(6-15)10(2)14/h7-8,10-11H,3-6,14H2,1-2H3/t10-,11-/m1/s1. The molecule has 0 saturated carbocycles. The largest absolute Gasteiger partial charge is 0.338 e. The molecule has 0 unspecified atom stereocenters. The highest BCUT2D eigenvalue weighted by Crippen LogP contribution is 2.22. The average molecular weight is 252 g/mol. The summed E-state index contributed by atoms with van der Waals surface area (Å²) in [7, 11) is 0. The highest BCUT2D eigenvalue weighted by molar-refractivity contribution is 7.08. The molecule has 0 spiro atoms. The number of piperidine rings is 1. The van der Waals surface area contributed by atoms with Crippen molar-refractivity contribution in [3.8, 4) is 0 Å². The van der Waals surface area contributed by atoms with E-state index >= 15 is 0 Å². The van der Waals surface area contributed by atoms with E-state index < -0.39 is 0 Å². The lowest BCUT2D eigenvalue weighted by Gasteiger charge is -2.34. The Kier molecular flexibility index (Phi) is 3.84. The van der Waals surface area contributed by atoms with Crippen LogP contribution in [0.15, 0.2) is 10.8 Å². The van der Waals surface area contributed by atoms with Crippen LogP contribution >= 0.6 is 11.3 Å². The Morgan fingerprint density at radius 1 is 1.59 bits per heavy atom. The molecule has 0 radical (unpaired) electrons. The number of hydrogen-bond donors (Lipinski definition) is 1. The SMILES string of the molecule is Cc1cscc1C(=O)N1CCC[C@@H]([C@@H](C)N)C1. The summed E-state index contributed by atoms with van der Waals surface area (Å²) in [6.45, 7) is 5.72. The summed E-state index contributed by atoms with van der Waals surface area (Å²) in [4.78, 5) is 14.3. The molecule has 1 saturated heterocycles. The second-order valence-electron chi connectivity index (χ2n) is 4.98. The molecule has 1 aromatic heterocycles. The zero-order valence-electron chi connectivity index (χ0n) is 10.5. The average Bonchev–Trinajstić information content (AvgIpc) is 2.74. The molecule has 1 aromatic rings. The number of carbonyl (C=O) groups is 1. The van der Waals surface area contributed by atoms with Crippen LogP contribution in [0.5, 0.6) is 0 Å². The van der Waals surface area contributed by atoms with E-state index in [1.54, 1.807) is 11.3 Å². The number of thiophene rings is 1. The van der Waals surface area contributed by atoms with Gasteiger partial charge in [-0.1, -0.05) is 0 Å². The van der Waals surface area contributed by atoms with Gasteiger partial charge in [-0.05, 0) is 43.6 Å².